The van der Waals surface area contributed by atoms with Crippen molar-refractivity contribution in [2.45, 2.75) is 39.2 Å². The van der Waals surface area contributed by atoms with E-state index in [9.17, 15) is 0 Å². The van der Waals surface area contributed by atoms with Crippen molar-refractivity contribution < 1.29 is 0 Å². The fraction of sp³-hybridized carbons (Fsp3) is 0.583. The van der Waals surface area contributed by atoms with Crippen LogP contribution in [0.2, 0.25) is 0 Å². The molecule has 14 heavy (non-hydrogen) atoms. The standard InChI is InChI=1S/C12H18N2/c1-8(2)11-5-4-10-7-13-6-9(3)12(10)14-11/h4-5,8-9,13H,6-7H2,1-3H3. The normalized spacial score (nSPS) is 21.0. The van der Waals surface area contributed by atoms with Gasteiger partial charge in [-0.15, -0.1) is 0 Å². The lowest BCUT2D eigenvalue weighted by atomic mass is 9.96. The lowest BCUT2D eigenvalue weighted by Crippen LogP contribution is -2.27. The second kappa shape index (κ2) is 3.70. The highest BCUT2D eigenvalue weighted by Crippen LogP contribution is 2.23. The number of pyridine rings is 1. The maximum absolute atomic E-state index is 4.75. The van der Waals surface area contributed by atoms with Gasteiger partial charge in [0, 0.05) is 30.4 Å². The Balaban J connectivity index is 2.41. The molecular formula is C12H18N2. The van der Waals surface area contributed by atoms with Gasteiger partial charge in [-0.05, 0) is 17.5 Å². The predicted molar refractivity (Wildman–Crippen MR) is 58.4 cm³/mol. The van der Waals surface area contributed by atoms with Gasteiger partial charge < -0.3 is 5.32 Å². The molecule has 1 atom stereocenters. The average molecular weight is 190 g/mol. The molecule has 2 rings (SSSR count). The molecule has 1 aromatic rings. The predicted octanol–water partition coefficient (Wildman–Crippen LogP) is 2.41. The largest absolute Gasteiger partial charge is 0.312 e. The first kappa shape index (κ1) is 9.66. The summed E-state index contributed by atoms with van der Waals surface area (Å²) in [6.45, 7) is 8.66. The second-order valence-electron chi connectivity index (χ2n) is 4.47. The molecular weight excluding hydrogens is 172 g/mol. The smallest absolute Gasteiger partial charge is 0.0492 e. The molecule has 0 saturated carbocycles. The molecule has 0 spiro atoms. The van der Waals surface area contributed by atoms with Gasteiger partial charge in [0.1, 0.15) is 0 Å². The van der Waals surface area contributed by atoms with Crippen molar-refractivity contribution in [3.63, 3.8) is 0 Å². The van der Waals surface area contributed by atoms with Crippen molar-refractivity contribution in [2.75, 3.05) is 6.54 Å². The highest BCUT2D eigenvalue weighted by Gasteiger charge is 2.18. The minimum Gasteiger partial charge on any atom is -0.312 e. The van der Waals surface area contributed by atoms with E-state index in [1.165, 1.54) is 17.0 Å². The van der Waals surface area contributed by atoms with E-state index in [1.54, 1.807) is 0 Å². The molecule has 1 aromatic heterocycles. The van der Waals surface area contributed by atoms with E-state index in [1.807, 2.05) is 0 Å². The van der Waals surface area contributed by atoms with E-state index in [4.69, 9.17) is 4.98 Å². The first-order valence-electron chi connectivity index (χ1n) is 5.39. The summed E-state index contributed by atoms with van der Waals surface area (Å²) >= 11 is 0. The maximum atomic E-state index is 4.75. The Morgan fingerprint density at radius 3 is 2.93 bits per heavy atom. The second-order valence-corrected chi connectivity index (χ2v) is 4.47. The highest BCUT2D eigenvalue weighted by atomic mass is 14.9. The minimum atomic E-state index is 0.530. The van der Waals surface area contributed by atoms with E-state index in [-0.39, 0.29) is 0 Å². The monoisotopic (exact) mass is 190 g/mol. The van der Waals surface area contributed by atoms with Crippen LogP contribution in [0.5, 0.6) is 0 Å². The van der Waals surface area contributed by atoms with Crippen molar-refractivity contribution in [1.29, 1.82) is 0 Å². The lowest BCUT2D eigenvalue weighted by molar-refractivity contribution is 0.552. The number of nitrogens with one attached hydrogen (secondary N) is 1. The van der Waals surface area contributed by atoms with Crippen molar-refractivity contribution >= 4 is 0 Å². The first-order valence-corrected chi connectivity index (χ1v) is 5.39. The van der Waals surface area contributed by atoms with E-state index in [0.29, 0.717) is 11.8 Å². The van der Waals surface area contributed by atoms with Crippen LogP contribution in [0.25, 0.3) is 0 Å². The number of aromatic nitrogens is 1. The first-order chi connectivity index (χ1) is 6.68. The Morgan fingerprint density at radius 1 is 1.43 bits per heavy atom. The van der Waals surface area contributed by atoms with Gasteiger partial charge in [-0.2, -0.15) is 0 Å². The summed E-state index contributed by atoms with van der Waals surface area (Å²) in [4.78, 5) is 4.75. The molecule has 2 heterocycles. The van der Waals surface area contributed by atoms with Gasteiger partial charge in [-0.1, -0.05) is 26.8 Å². The summed E-state index contributed by atoms with van der Waals surface area (Å²) in [5.41, 5.74) is 3.89. The zero-order valence-corrected chi connectivity index (χ0v) is 9.17. The van der Waals surface area contributed by atoms with Gasteiger partial charge >= 0.3 is 0 Å². The van der Waals surface area contributed by atoms with Gasteiger partial charge in [0.05, 0.1) is 0 Å². The maximum Gasteiger partial charge on any atom is 0.0492 e. The molecule has 1 unspecified atom stereocenters. The summed E-state index contributed by atoms with van der Waals surface area (Å²) in [7, 11) is 0. The third kappa shape index (κ3) is 1.67. The van der Waals surface area contributed by atoms with Gasteiger partial charge in [0.2, 0.25) is 0 Å². The topological polar surface area (TPSA) is 24.9 Å². The molecule has 0 saturated heterocycles. The molecule has 1 aliphatic rings. The van der Waals surface area contributed by atoms with Crippen LogP contribution >= 0.6 is 0 Å². The van der Waals surface area contributed by atoms with Crippen molar-refractivity contribution in [2.24, 2.45) is 0 Å². The summed E-state index contributed by atoms with van der Waals surface area (Å²) in [6.07, 6.45) is 0. The summed E-state index contributed by atoms with van der Waals surface area (Å²) < 4.78 is 0. The Kier molecular flexibility index (Phi) is 2.55. The summed E-state index contributed by atoms with van der Waals surface area (Å²) in [5, 5.41) is 3.40. The van der Waals surface area contributed by atoms with E-state index in [0.717, 1.165) is 13.1 Å². The Morgan fingerprint density at radius 2 is 2.21 bits per heavy atom. The zero-order chi connectivity index (χ0) is 10.1. The van der Waals surface area contributed by atoms with Crippen LogP contribution in [0, 0.1) is 0 Å². The van der Waals surface area contributed by atoms with Crippen molar-refractivity contribution in [1.82, 2.24) is 10.3 Å². The van der Waals surface area contributed by atoms with Crippen LogP contribution in [0.1, 0.15) is 49.6 Å². The quantitative estimate of drug-likeness (QED) is 0.735. The number of rotatable bonds is 1. The van der Waals surface area contributed by atoms with Crippen LogP contribution < -0.4 is 5.32 Å². The lowest BCUT2D eigenvalue weighted by Gasteiger charge is -2.23. The number of fused-ring (bicyclic) bond motifs is 1. The fourth-order valence-corrected chi connectivity index (χ4v) is 1.94. The van der Waals surface area contributed by atoms with Crippen LogP contribution in [-0.4, -0.2) is 11.5 Å². The van der Waals surface area contributed by atoms with Crippen LogP contribution in [-0.2, 0) is 6.54 Å². The molecule has 1 N–H and O–H groups in total. The molecule has 2 heteroatoms. The highest BCUT2D eigenvalue weighted by molar-refractivity contribution is 5.28. The van der Waals surface area contributed by atoms with E-state index in [2.05, 4.69) is 38.2 Å². The average Bonchev–Trinajstić information content (AvgIpc) is 2.18. The van der Waals surface area contributed by atoms with Gasteiger partial charge in [0.25, 0.3) is 0 Å². The van der Waals surface area contributed by atoms with Crippen LogP contribution in [0.15, 0.2) is 12.1 Å². The molecule has 0 amide bonds. The number of hydrogen-bond donors (Lipinski definition) is 1. The Labute approximate surface area is 85.7 Å². The zero-order valence-electron chi connectivity index (χ0n) is 9.17. The van der Waals surface area contributed by atoms with E-state index >= 15 is 0 Å². The van der Waals surface area contributed by atoms with Gasteiger partial charge in [-0.25, -0.2) is 0 Å². The number of nitrogens with zero attached hydrogens (tertiary/aromatic N) is 1. The molecule has 0 fully saturated rings. The number of hydrogen-bond acceptors (Lipinski definition) is 2. The molecule has 0 aromatic carbocycles. The third-order valence-electron chi connectivity index (χ3n) is 2.86. The third-order valence-corrected chi connectivity index (χ3v) is 2.86. The molecule has 76 valence electrons. The fourth-order valence-electron chi connectivity index (χ4n) is 1.94. The molecule has 0 aliphatic carbocycles. The van der Waals surface area contributed by atoms with Crippen LogP contribution in [0.4, 0.5) is 0 Å². The molecule has 2 nitrogen and oxygen atoms in total. The molecule has 0 bridgehead atoms. The Hall–Kier alpha value is -0.890. The summed E-state index contributed by atoms with van der Waals surface area (Å²) in [6, 6.07) is 4.38. The SMILES string of the molecule is CC(C)c1ccc2c(n1)C(C)CNC2. The van der Waals surface area contributed by atoms with Gasteiger partial charge in [0.15, 0.2) is 0 Å². The summed E-state index contributed by atoms with van der Waals surface area (Å²) in [5.74, 6) is 1.08. The Bertz CT molecular complexity index is 331. The van der Waals surface area contributed by atoms with Crippen molar-refractivity contribution in [3.05, 3.63) is 29.1 Å². The van der Waals surface area contributed by atoms with Gasteiger partial charge in [-0.3, -0.25) is 4.98 Å². The van der Waals surface area contributed by atoms with Crippen molar-refractivity contribution in [3.8, 4) is 0 Å². The minimum absolute atomic E-state index is 0.530. The van der Waals surface area contributed by atoms with E-state index < -0.39 is 0 Å². The van der Waals surface area contributed by atoms with Crippen LogP contribution in [0.3, 0.4) is 0 Å². The molecule has 0 radical (unpaired) electrons. The molecule has 1 aliphatic heterocycles.